The van der Waals surface area contributed by atoms with Gasteiger partial charge in [0, 0.05) is 25.3 Å². The van der Waals surface area contributed by atoms with Gasteiger partial charge in [-0.3, -0.25) is 9.59 Å². The van der Waals surface area contributed by atoms with Crippen LogP contribution in [-0.2, 0) is 19.4 Å². The molecule has 6 nitrogen and oxygen atoms in total. The van der Waals surface area contributed by atoms with Crippen LogP contribution in [0.3, 0.4) is 0 Å². The van der Waals surface area contributed by atoms with Crippen LogP contribution in [0.15, 0.2) is 30.3 Å². The minimum absolute atomic E-state index is 0.0691. The standard InChI is InChI=1S/C15H20N2O4S/c1-3-17(12-7-5-4-6-8-12)15(19)14(18)16(2)13-9-10-22(20,21)11-13/h4-8,13H,3,9-11H2,1-2H3. The molecule has 1 unspecified atom stereocenters. The molecule has 1 fully saturated rings. The Labute approximate surface area is 130 Å². The van der Waals surface area contributed by atoms with Gasteiger partial charge in [-0.15, -0.1) is 0 Å². The molecule has 0 N–H and O–H groups in total. The Bertz CT molecular complexity index is 657. The molecule has 0 aromatic heterocycles. The zero-order valence-corrected chi connectivity index (χ0v) is 13.5. The summed E-state index contributed by atoms with van der Waals surface area (Å²) in [6, 6.07) is 8.52. The highest BCUT2D eigenvalue weighted by atomic mass is 32.2. The maximum Gasteiger partial charge on any atom is 0.316 e. The highest BCUT2D eigenvalue weighted by Gasteiger charge is 2.36. The van der Waals surface area contributed by atoms with Gasteiger partial charge in [0.05, 0.1) is 11.5 Å². The molecule has 1 heterocycles. The highest BCUT2D eigenvalue weighted by Crippen LogP contribution is 2.18. The van der Waals surface area contributed by atoms with E-state index in [-0.39, 0.29) is 11.5 Å². The van der Waals surface area contributed by atoms with E-state index in [1.807, 2.05) is 6.07 Å². The predicted molar refractivity (Wildman–Crippen MR) is 84.3 cm³/mol. The van der Waals surface area contributed by atoms with Crippen molar-refractivity contribution >= 4 is 27.3 Å². The molecule has 2 amide bonds. The van der Waals surface area contributed by atoms with Crippen molar-refractivity contribution in [1.29, 1.82) is 0 Å². The Morgan fingerprint density at radius 2 is 1.82 bits per heavy atom. The Morgan fingerprint density at radius 1 is 1.18 bits per heavy atom. The van der Waals surface area contributed by atoms with Crippen molar-refractivity contribution in [2.24, 2.45) is 0 Å². The summed E-state index contributed by atoms with van der Waals surface area (Å²) in [6.45, 7) is 2.16. The number of sulfone groups is 1. The largest absolute Gasteiger partial charge is 0.333 e. The van der Waals surface area contributed by atoms with Gasteiger partial charge in [0.15, 0.2) is 9.84 Å². The van der Waals surface area contributed by atoms with Crippen molar-refractivity contribution in [1.82, 2.24) is 4.90 Å². The van der Waals surface area contributed by atoms with Crippen molar-refractivity contribution in [3.05, 3.63) is 30.3 Å². The molecular formula is C15H20N2O4S. The predicted octanol–water partition coefficient (Wildman–Crippen LogP) is 0.685. The average molecular weight is 324 g/mol. The molecule has 0 saturated carbocycles. The number of para-hydroxylation sites is 1. The minimum atomic E-state index is -3.10. The first-order valence-corrected chi connectivity index (χ1v) is 9.02. The number of benzene rings is 1. The zero-order valence-electron chi connectivity index (χ0n) is 12.7. The summed E-state index contributed by atoms with van der Waals surface area (Å²) in [6.07, 6.45) is 0.384. The van der Waals surface area contributed by atoms with Gasteiger partial charge in [0.2, 0.25) is 0 Å². The molecule has 1 aromatic carbocycles. The number of hydrogen-bond acceptors (Lipinski definition) is 4. The van der Waals surface area contributed by atoms with Crippen molar-refractivity contribution in [3.8, 4) is 0 Å². The van der Waals surface area contributed by atoms with Gasteiger partial charge in [-0.05, 0) is 25.5 Å². The number of likely N-dealkylation sites (N-methyl/N-ethyl adjacent to an activating group) is 2. The Morgan fingerprint density at radius 3 is 2.32 bits per heavy atom. The third-order valence-electron chi connectivity index (χ3n) is 3.89. The van der Waals surface area contributed by atoms with E-state index in [0.717, 1.165) is 0 Å². The molecule has 1 aliphatic heterocycles. The summed E-state index contributed by atoms with van der Waals surface area (Å²) in [7, 11) is -1.61. The molecule has 0 spiro atoms. The second-order valence-electron chi connectivity index (χ2n) is 5.36. The quantitative estimate of drug-likeness (QED) is 0.767. The summed E-state index contributed by atoms with van der Waals surface area (Å²) >= 11 is 0. The van der Waals surface area contributed by atoms with Crippen molar-refractivity contribution in [3.63, 3.8) is 0 Å². The third-order valence-corrected chi connectivity index (χ3v) is 5.64. The van der Waals surface area contributed by atoms with Crippen LogP contribution in [0.4, 0.5) is 5.69 Å². The van der Waals surface area contributed by atoms with E-state index in [0.29, 0.717) is 18.7 Å². The van der Waals surface area contributed by atoms with E-state index in [4.69, 9.17) is 0 Å². The first-order valence-electron chi connectivity index (χ1n) is 7.20. The topological polar surface area (TPSA) is 74.8 Å². The maximum atomic E-state index is 12.4. The third kappa shape index (κ3) is 3.47. The summed E-state index contributed by atoms with van der Waals surface area (Å²) in [5.74, 6) is -1.31. The van der Waals surface area contributed by atoms with Crippen molar-refractivity contribution in [2.45, 2.75) is 19.4 Å². The Kier molecular flexibility index (Phi) is 4.85. The lowest BCUT2D eigenvalue weighted by atomic mass is 10.2. The van der Waals surface area contributed by atoms with Crippen LogP contribution in [0.1, 0.15) is 13.3 Å². The Balaban J connectivity index is 2.12. The van der Waals surface area contributed by atoms with E-state index in [1.54, 1.807) is 31.2 Å². The summed E-state index contributed by atoms with van der Waals surface area (Å²) in [4.78, 5) is 27.4. The van der Waals surface area contributed by atoms with Crippen LogP contribution in [0.25, 0.3) is 0 Å². The van der Waals surface area contributed by atoms with Crippen LogP contribution in [-0.4, -0.2) is 56.3 Å². The zero-order chi connectivity index (χ0) is 16.3. The number of hydrogen-bond donors (Lipinski definition) is 0. The van der Waals surface area contributed by atoms with Gasteiger partial charge in [-0.2, -0.15) is 0 Å². The van der Waals surface area contributed by atoms with Gasteiger partial charge in [0.1, 0.15) is 0 Å². The highest BCUT2D eigenvalue weighted by molar-refractivity contribution is 7.91. The fourth-order valence-corrected chi connectivity index (χ4v) is 4.34. The van der Waals surface area contributed by atoms with Crippen LogP contribution in [0, 0.1) is 0 Å². The van der Waals surface area contributed by atoms with Crippen LogP contribution in [0.5, 0.6) is 0 Å². The normalized spacial score (nSPS) is 19.6. The maximum absolute atomic E-state index is 12.4. The fourth-order valence-electron chi connectivity index (χ4n) is 2.56. The molecule has 2 rings (SSSR count). The monoisotopic (exact) mass is 324 g/mol. The van der Waals surface area contributed by atoms with Gasteiger partial charge in [-0.1, -0.05) is 18.2 Å². The lowest BCUT2D eigenvalue weighted by molar-refractivity contribution is -0.144. The number of carbonyl (C=O) groups is 2. The molecule has 7 heteroatoms. The SMILES string of the molecule is CCN(C(=O)C(=O)N(C)C1CCS(=O)(=O)C1)c1ccccc1. The van der Waals surface area contributed by atoms with Crippen LogP contribution in [0.2, 0.25) is 0 Å². The number of anilines is 1. The molecular weight excluding hydrogens is 304 g/mol. The van der Waals surface area contributed by atoms with Gasteiger partial charge < -0.3 is 9.80 Å². The molecule has 120 valence electrons. The second-order valence-corrected chi connectivity index (χ2v) is 7.59. The lowest BCUT2D eigenvalue weighted by Gasteiger charge is -2.27. The van der Waals surface area contributed by atoms with E-state index in [2.05, 4.69) is 0 Å². The Hall–Kier alpha value is -1.89. The summed E-state index contributed by atoms with van der Waals surface area (Å²) < 4.78 is 23.0. The smallest absolute Gasteiger partial charge is 0.316 e. The molecule has 1 aromatic rings. The van der Waals surface area contributed by atoms with E-state index in [1.165, 1.54) is 16.8 Å². The first-order chi connectivity index (χ1) is 10.4. The van der Waals surface area contributed by atoms with E-state index < -0.39 is 27.7 Å². The molecule has 0 radical (unpaired) electrons. The van der Waals surface area contributed by atoms with Gasteiger partial charge in [0.25, 0.3) is 0 Å². The second kappa shape index (κ2) is 6.48. The summed E-state index contributed by atoms with van der Waals surface area (Å²) in [5, 5.41) is 0. The molecule has 1 aliphatic rings. The molecule has 1 atom stereocenters. The van der Waals surface area contributed by atoms with E-state index >= 15 is 0 Å². The number of nitrogens with zero attached hydrogens (tertiary/aromatic N) is 2. The number of amides is 2. The van der Waals surface area contributed by atoms with Crippen LogP contribution < -0.4 is 4.90 Å². The van der Waals surface area contributed by atoms with Crippen LogP contribution >= 0.6 is 0 Å². The lowest BCUT2D eigenvalue weighted by Crippen LogP contribution is -2.48. The number of carbonyl (C=O) groups excluding carboxylic acids is 2. The van der Waals surface area contributed by atoms with Crippen molar-refractivity contribution < 1.29 is 18.0 Å². The summed E-state index contributed by atoms with van der Waals surface area (Å²) in [5.41, 5.74) is 0.649. The van der Waals surface area contributed by atoms with E-state index in [9.17, 15) is 18.0 Å². The molecule has 22 heavy (non-hydrogen) atoms. The fraction of sp³-hybridized carbons (Fsp3) is 0.467. The number of rotatable bonds is 3. The first kappa shape index (κ1) is 16.5. The average Bonchev–Trinajstić information content (AvgIpc) is 2.87. The van der Waals surface area contributed by atoms with Crippen molar-refractivity contribution in [2.75, 3.05) is 30.0 Å². The molecule has 0 aliphatic carbocycles. The van der Waals surface area contributed by atoms with Gasteiger partial charge in [-0.25, -0.2) is 8.42 Å². The minimum Gasteiger partial charge on any atom is -0.333 e. The molecule has 0 bridgehead atoms. The molecule has 1 saturated heterocycles. The van der Waals surface area contributed by atoms with Gasteiger partial charge >= 0.3 is 11.8 Å².